The Morgan fingerprint density at radius 1 is 1.09 bits per heavy atom. The first kappa shape index (κ1) is 18.6. The van der Waals surface area contributed by atoms with Crippen LogP contribution in [0.1, 0.15) is 44.3 Å². The van der Waals surface area contributed by atoms with Gasteiger partial charge in [-0.2, -0.15) is 0 Å². The molecular formula is C17H28IN3O2. The molecule has 1 aliphatic carbocycles. The van der Waals surface area contributed by atoms with Crippen LogP contribution in [0.4, 0.5) is 0 Å². The molecule has 23 heavy (non-hydrogen) atoms. The molecule has 2 N–H and O–H groups in total. The van der Waals surface area contributed by atoms with Crippen molar-refractivity contribution in [2.75, 3.05) is 19.8 Å². The molecule has 1 saturated carbocycles. The third kappa shape index (κ3) is 6.33. The smallest absolute Gasteiger partial charge is 0.191 e. The van der Waals surface area contributed by atoms with Crippen molar-refractivity contribution < 1.29 is 9.15 Å². The Bertz CT molecular complexity index is 452. The van der Waals surface area contributed by atoms with Crippen molar-refractivity contribution >= 4 is 29.9 Å². The molecule has 0 bridgehead atoms. The molecule has 1 aromatic rings. The quantitative estimate of drug-likeness (QED) is 0.426. The van der Waals surface area contributed by atoms with Gasteiger partial charge in [0.15, 0.2) is 5.96 Å². The monoisotopic (exact) mass is 433 g/mol. The van der Waals surface area contributed by atoms with Crippen molar-refractivity contribution in [1.29, 1.82) is 0 Å². The first-order valence-corrected chi connectivity index (χ1v) is 8.58. The van der Waals surface area contributed by atoms with E-state index in [2.05, 4.69) is 10.6 Å². The fourth-order valence-electron chi connectivity index (χ4n) is 3.16. The fourth-order valence-corrected chi connectivity index (χ4v) is 3.16. The second kappa shape index (κ2) is 10.2. The molecule has 1 saturated heterocycles. The van der Waals surface area contributed by atoms with Gasteiger partial charge in [0.2, 0.25) is 0 Å². The van der Waals surface area contributed by atoms with Crippen LogP contribution in [-0.2, 0) is 11.2 Å². The number of hydrogen-bond acceptors (Lipinski definition) is 3. The third-order valence-corrected chi connectivity index (χ3v) is 4.47. The van der Waals surface area contributed by atoms with Gasteiger partial charge < -0.3 is 19.8 Å². The maximum atomic E-state index is 5.43. The van der Waals surface area contributed by atoms with E-state index in [1.165, 1.54) is 25.7 Å². The predicted octanol–water partition coefficient (Wildman–Crippen LogP) is 3.10. The molecule has 2 heterocycles. The van der Waals surface area contributed by atoms with E-state index < -0.39 is 0 Å². The van der Waals surface area contributed by atoms with Crippen molar-refractivity contribution in [3.63, 3.8) is 0 Å². The molecule has 130 valence electrons. The molecule has 1 aromatic heterocycles. The minimum absolute atomic E-state index is 0. The van der Waals surface area contributed by atoms with Crippen molar-refractivity contribution in [2.24, 2.45) is 4.99 Å². The van der Waals surface area contributed by atoms with Crippen LogP contribution in [0.15, 0.2) is 27.8 Å². The number of hydrogen-bond donors (Lipinski definition) is 2. The summed E-state index contributed by atoms with van der Waals surface area (Å²) in [6.07, 6.45) is 9.85. The molecule has 0 aromatic carbocycles. The number of rotatable bonds is 5. The molecule has 6 heteroatoms. The highest BCUT2D eigenvalue weighted by Gasteiger charge is 2.19. The van der Waals surface area contributed by atoms with Gasteiger partial charge in [-0.15, -0.1) is 24.0 Å². The lowest BCUT2D eigenvalue weighted by molar-refractivity contribution is 0.0822. The molecule has 0 unspecified atom stereocenters. The number of aliphatic imine (C=N–C) groups is 1. The second-order valence-corrected chi connectivity index (χ2v) is 6.22. The van der Waals surface area contributed by atoms with Gasteiger partial charge in [-0.1, -0.05) is 12.8 Å². The molecule has 1 aliphatic heterocycles. The van der Waals surface area contributed by atoms with Crippen LogP contribution in [0.2, 0.25) is 0 Å². The molecule has 2 fully saturated rings. The highest BCUT2D eigenvalue weighted by Crippen LogP contribution is 2.17. The maximum absolute atomic E-state index is 5.43. The summed E-state index contributed by atoms with van der Waals surface area (Å²) in [6.45, 7) is 2.44. The Kier molecular flexibility index (Phi) is 8.22. The van der Waals surface area contributed by atoms with E-state index in [1.54, 1.807) is 6.26 Å². The number of nitrogens with one attached hydrogen (secondary N) is 2. The molecule has 5 nitrogen and oxygen atoms in total. The van der Waals surface area contributed by atoms with Gasteiger partial charge >= 0.3 is 0 Å². The van der Waals surface area contributed by atoms with Crippen molar-refractivity contribution in [2.45, 2.75) is 57.0 Å². The lowest BCUT2D eigenvalue weighted by atomic mass is 10.1. The average molecular weight is 433 g/mol. The van der Waals surface area contributed by atoms with Crippen molar-refractivity contribution in [1.82, 2.24) is 10.6 Å². The number of nitrogens with zero attached hydrogens (tertiary/aromatic N) is 1. The number of furan rings is 1. The van der Waals surface area contributed by atoms with Crippen molar-refractivity contribution in [3.8, 4) is 0 Å². The lowest BCUT2D eigenvalue weighted by Gasteiger charge is -2.26. The second-order valence-electron chi connectivity index (χ2n) is 6.22. The summed E-state index contributed by atoms with van der Waals surface area (Å²) >= 11 is 0. The van der Waals surface area contributed by atoms with Crippen LogP contribution in [0.5, 0.6) is 0 Å². The summed E-state index contributed by atoms with van der Waals surface area (Å²) in [4.78, 5) is 4.75. The highest BCUT2D eigenvalue weighted by molar-refractivity contribution is 14.0. The van der Waals surface area contributed by atoms with E-state index in [4.69, 9.17) is 14.1 Å². The Hall–Kier alpha value is -0.760. The third-order valence-electron chi connectivity index (χ3n) is 4.47. The predicted molar refractivity (Wildman–Crippen MR) is 102 cm³/mol. The summed E-state index contributed by atoms with van der Waals surface area (Å²) in [5.74, 6) is 1.96. The standard InChI is InChI=1S/C17H27N3O2.HI/c1-2-5-14(4-1)19-17(20-15-8-12-21-13-9-15)18-10-7-16-6-3-11-22-16;/h3,6,11,14-15H,1-2,4-5,7-10,12-13H2,(H2,18,19,20);1H. The number of guanidine groups is 1. The summed E-state index contributed by atoms with van der Waals surface area (Å²) < 4.78 is 10.8. The number of ether oxygens (including phenoxy) is 1. The van der Waals surface area contributed by atoms with Gasteiger partial charge in [0, 0.05) is 38.3 Å². The Labute approximate surface area is 155 Å². The van der Waals surface area contributed by atoms with E-state index in [1.807, 2.05) is 12.1 Å². The SMILES string of the molecule is I.c1coc(CCN=C(NC2CCCC2)NC2CCOCC2)c1. The first-order chi connectivity index (χ1) is 10.9. The number of halogens is 1. The van der Waals surface area contributed by atoms with Gasteiger partial charge in [0.05, 0.1) is 6.26 Å². The summed E-state index contributed by atoms with van der Waals surface area (Å²) in [5, 5.41) is 7.20. The van der Waals surface area contributed by atoms with Crippen LogP contribution in [0, 0.1) is 0 Å². The Morgan fingerprint density at radius 2 is 1.78 bits per heavy atom. The molecular weight excluding hydrogens is 405 g/mol. The molecule has 3 rings (SSSR count). The van der Waals surface area contributed by atoms with Crippen LogP contribution in [0.25, 0.3) is 0 Å². The zero-order valence-corrected chi connectivity index (χ0v) is 16.0. The van der Waals surface area contributed by atoms with E-state index in [0.29, 0.717) is 12.1 Å². The molecule has 2 aliphatic rings. The van der Waals surface area contributed by atoms with Crippen LogP contribution >= 0.6 is 24.0 Å². The largest absolute Gasteiger partial charge is 0.469 e. The average Bonchev–Trinajstić information content (AvgIpc) is 3.22. The van der Waals surface area contributed by atoms with Gasteiger partial charge in [0.1, 0.15) is 5.76 Å². The Morgan fingerprint density at radius 3 is 2.43 bits per heavy atom. The van der Waals surface area contributed by atoms with Gasteiger partial charge in [-0.25, -0.2) is 0 Å². The van der Waals surface area contributed by atoms with Crippen LogP contribution < -0.4 is 10.6 Å². The molecule has 0 atom stereocenters. The van der Waals surface area contributed by atoms with Crippen molar-refractivity contribution in [3.05, 3.63) is 24.2 Å². The van der Waals surface area contributed by atoms with Gasteiger partial charge in [-0.3, -0.25) is 4.99 Å². The molecule has 0 radical (unpaired) electrons. The molecule has 0 spiro atoms. The van der Waals surface area contributed by atoms with Gasteiger partial charge in [-0.05, 0) is 37.8 Å². The molecule has 0 amide bonds. The zero-order valence-electron chi connectivity index (χ0n) is 13.6. The van der Waals surface area contributed by atoms with Crippen LogP contribution in [0.3, 0.4) is 0 Å². The van der Waals surface area contributed by atoms with E-state index in [0.717, 1.165) is 50.7 Å². The normalized spacial score (nSPS) is 20.3. The summed E-state index contributed by atoms with van der Waals surface area (Å²) in [5.41, 5.74) is 0. The topological polar surface area (TPSA) is 58.8 Å². The van der Waals surface area contributed by atoms with E-state index in [-0.39, 0.29) is 24.0 Å². The van der Waals surface area contributed by atoms with E-state index >= 15 is 0 Å². The first-order valence-electron chi connectivity index (χ1n) is 8.58. The zero-order chi connectivity index (χ0) is 15.0. The van der Waals surface area contributed by atoms with E-state index in [9.17, 15) is 0 Å². The minimum atomic E-state index is 0. The minimum Gasteiger partial charge on any atom is -0.469 e. The maximum Gasteiger partial charge on any atom is 0.191 e. The fraction of sp³-hybridized carbons (Fsp3) is 0.706. The Balaban J connectivity index is 0.00000192. The summed E-state index contributed by atoms with van der Waals surface area (Å²) in [6, 6.07) is 4.99. The lowest BCUT2D eigenvalue weighted by Crippen LogP contribution is -2.48. The van der Waals surface area contributed by atoms with Gasteiger partial charge in [0.25, 0.3) is 0 Å². The van der Waals surface area contributed by atoms with Crippen LogP contribution in [-0.4, -0.2) is 37.8 Å². The highest BCUT2D eigenvalue weighted by atomic mass is 127. The summed E-state index contributed by atoms with van der Waals surface area (Å²) in [7, 11) is 0.